The maximum atomic E-state index is 13.4. The van der Waals surface area contributed by atoms with E-state index in [4.69, 9.17) is 21.1 Å². The molecule has 2 amide bonds. The summed E-state index contributed by atoms with van der Waals surface area (Å²) in [6.45, 7) is 2.10. The number of ether oxygens (including phenoxy) is 2. The van der Waals surface area contributed by atoms with Crippen molar-refractivity contribution >= 4 is 35.2 Å². The van der Waals surface area contributed by atoms with Crippen LogP contribution in [-0.2, 0) is 28.4 Å². The summed E-state index contributed by atoms with van der Waals surface area (Å²) in [6.07, 6.45) is -12.5. The average Bonchev–Trinajstić information content (AvgIpc) is 2.85. The van der Waals surface area contributed by atoms with Crippen molar-refractivity contribution in [2.24, 2.45) is 0 Å². The predicted octanol–water partition coefficient (Wildman–Crippen LogP) is 7.35. The predicted molar refractivity (Wildman–Crippen MR) is 129 cm³/mol. The van der Waals surface area contributed by atoms with E-state index in [-0.39, 0.29) is 35.4 Å². The molecule has 0 fully saturated rings. The number of hydrogen-bond acceptors (Lipinski definition) is 6. The van der Waals surface area contributed by atoms with Crippen molar-refractivity contribution in [3.63, 3.8) is 0 Å². The summed E-state index contributed by atoms with van der Waals surface area (Å²) in [4.78, 5) is 38.6. The number of rotatable bonds is 5. The minimum absolute atomic E-state index is 0.0513. The zero-order valence-electron chi connectivity index (χ0n) is 21.1. The first-order valence-corrected chi connectivity index (χ1v) is 11.9. The summed E-state index contributed by atoms with van der Waals surface area (Å²) in [5.74, 6) is 0. The molecule has 0 aromatic heterocycles. The van der Waals surface area contributed by atoms with E-state index in [1.54, 1.807) is 0 Å². The van der Waals surface area contributed by atoms with Crippen molar-refractivity contribution in [1.29, 1.82) is 0 Å². The number of carbonyl (C=O) groups excluding carboxylic acids is 2. The lowest BCUT2D eigenvalue weighted by atomic mass is 9.89. The molecule has 2 aromatic rings. The molecule has 2 atom stereocenters. The van der Waals surface area contributed by atoms with Crippen LogP contribution in [0.4, 0.5) is 47.3 Å². The number of nitro benzene ring substituents is 1. The molecule has 2 unspecified atom stereocenters. The molecule has 0 aliphatic carbocycles. The largest absolute Gasteiger partial charge is 0.453 e. The molecule has 1 heterocycles. The molecule has 0 spiro atoms. The van der Waals surface area contributed by atoms with Crippen molar-refractivity contribution < 1.29 is 50.3 Å². The Morgan fingerprint density at radius 2 is 1.68 bits per heavy atom. The van der Waals surface area contributed by atoms with E-state index in [0.29, 0.717) is 12.1 Å². The maximum Gasteiger partial charge on any atom is 0.416 e. The summed E-state index contributed by atoms with van der Waals surface area (Å²) < 4.78 is 90.5. The lowest BCUT2D eigenvalue weighted by Crippen LogP contribution is -2.48. The van der Waals surface area contributed by atoms with Gasteiger partial charge in [-0.2, -0.15) is 26.3 Å². The van der Waals surface area contributed by atoms with Gasteiger partial charge in [-0.3, -0.25) is 19.9 Å². The lowest BCUT2D eigenvalue weighted by molar-refractivity contribution is -0.384. The van der Waals surface area contributed by atoms with Crippen LogP contribution in [0.15, 0.2) is 30.3 Å². The molecular weight excluding hydrogens is 576 g/mol. The molecule has 1 aliphatic heterocycles. The van der Waals surface area contributed by atoms with Gasteiger partial charge in [0.05, 0.1) is 35.8 Å². The number of anilines is 1. The number of carbonyl (C=O) groups is 2. The summed E-state index contributed by atoms with van der Waals surface area (Å²) >= 11 is 6.11. The normalized spacial score (nSPS) is 17.2. The smallest absolute Gasteiger partial charge is 0.416 e. The minimum Gasteiger partial charge on any atom is -0.453 e. The van der Waals surface area contributed by atoms with Gasteiger partial charge in [-0.15, -0.1) is 0 Å². The summed E-state index contributed by atoms with van der Waals surface area (Å²) in [7, 11) is 0.946. The van der Waals surface area contributed by atoms with Gasteiger partial charge in [-0.25, -0.2) is 9.59 Å². The van der Waals surface area contributed by atoms with E-state index in [1.807, 2.05) is 0 Å². The highest BCUT2D eigenvalue weighted by atomic mass is 35.5. The van der Waals surface area contributed by atoms with Crippen LogP contribution in [0, 0.1) is 10.1 Å². The molecule has 0 N–H and O–H groups in total. The van der Waals surface area contributed by atoms with Crippen molar-refractivity contribution in [3.05, 3.63) is 67.7 Å². The summed E-state index contributed by atoms with van der Waals surface area (Å²) in [6, 6.07) is 0.959. The number of nitro groups is 1. The van der Waals surface area contributed by atoms with Gasteiger partial charge in [0.25, 0.3) is 5.69 Å². The first-order chi connectivity index (χ1) is 18.5. The zero-order chi connectivity index (χ0) is 30.2. The van der Waals surface area contributed by atoms with E-state index in [0.717, 1.165) is 23.0 Å². The van der Waals surface area contributed by atoms with Crippen LogP contribution in [0.25, 0.3) is 0 Å². The number of nitrogens with zero attached hydrogens (tertiary/aromatic N) is 3. The van der Waals surface area contributed by atoms with Gasteiger partial charge < -0.3 is 9.47 Å². The third kappa shape index (κ3) is 6.35. The lowest BCUT2D eigenvalue weighted by Gasteiger charge is -2.42. The molecular formula is C24H22ClF6N3O6. The maximum absolute atomic E-state index is 13.4. The molecule has 3 rings (SSSR count). The third-order valence-corrected chi connectivity index (χ3v) is 6.35. The molecule has 9 nitrogen and oxygen atoms in total. The molecule has 0 saturated heterocycles. The Balaban J connectivity index is 2.24. The second-order valence-corrected chi connectivity index (χ2v) is 9.24. The molecule has 0 radical (unpaired) electrons. The molecule has 0 saturated carbocycles. The quantitative estimate of drug-likeness (QED) is 0.203. The first-order valence-electron chi connectivity index (χ1n) is 11.6. The Morgan fingerprint density at radius 3 is 2.15 bits per heavy atom. The fourth-order valence-corrected chi connectivity index (χ4v) is 4.74. The number of alkyl halides is 6. The van der Waals surface area contributed by atoms with Crippen LogP contribution in [-0.4, -0.2) is 41.8 Å². The number of amides is 2. The molecule has 2 aromatic carbocycles. The first kappa shape index (κ1) is 30.8. The SMILES string of the molecule is CCOC(=O)N1c2c(cc(Cl)cc2[N+](=O)[O-])C(N(Cc2cc(C(F)(F)F)cc(C(F)(F)F)c2)C(=O)OC)CC1C. The van der Waals surface area contributed by atoms with Crippen LogP contribution in [0.5, 0.6) is 0 Å². The Kier molecular flexibility index (Phi) is 8.77. The van der Waals surface area contributed by atoms with E-state index in [9.17, 15) is 46.0 Å². The number of benzene rings is 2. The summed E-state index contributed by atoms with van der Waals surface area (Å²) in [5.41, 5.74) is -4.69. The standard InChI is InChI=1S/C24H22ClF6N3O6/c1-4-40-22(36)33-12(2)5-18(17-9-16(25)10-19(20(17)33)34(37)38)32(21(35)39-3)11-13-6-14(23(26,27)28)8-15(7-13)24(29,30)31/h6-10,12,18H,4-5,11H2,1-3H3. The Bertz CT molecular complexity index is 1290. The monoisotopic (exact) mass is 597 g/mol. The zero-order valence-corrected chi connectivity index (χ0v) is 21.9. The molecule has 218 valence electrons. The Hall–Kier alpha value is -3.75. The summed E-state index contributed by atoms with van der Waals surface area (Å²) in [5, 5.41) is 11.8. The third-order valence-electron chi connectivity index (χ3n) is 6.14. The van der Waals surface area contributed by atoms with Crippen molar-refractivity contribution in [2.75, 3.05) is 18.6 Å². The van der Waals surface area contributed by atoms with Gasteiger partial charge in [0, 0.05) is 29.2 Å². The number of hydrogen-bond donors (Lipinski definition) is 0. The second-order valence-electron chi connectivity index (χ2n) is 8.80. The van der Waals surface area contributed by atoms with Gasteiger partial charge in [0.2, 0.25) is 0 Å². The molecule has 40 heavy (non-hydrogen) atoms. The number of fused-ring (bicyclic) bond motifs is 1. The molecule has 1 aliphatic rings. The van der Waals surface area contributed by atoms with Crippen molar-refractivity contribution in [3.8, 4) is 0 Å². The van der Waals surface area contributed by atoms with Crippen molar-refractivity contribution in [1.82, 2.24) is 4.90 Å². The fraction of sp³-hybridized carbons (Fsp3) is 0.417. The number of halogens is 7. The van der Waals surface area contributed by atoms with Crippen LogP contribution in [0.1, 0.15) is 48.6 Å². The van der Waals surface area contributed by atoms with Crippen LogP contribution >= 0.6 is 11.6 Å². The van der Waals surface area contributed by atoms with Gasteiger partial charge in [0.1, 0.15) is 5.69 Å². The van der Waals surface area contributed by atoms with E-state index < -0.39 is 70.5 Å². The van der Waals surface area contributed by atoms with E-state index in [1.165, 1.54) is 19.9 Å². The van der Waals surface area contributed by atoms with Crippen molar-refractivity contribution in [2.45, 2.75) is 51.2 Å². The average molecular weight is 598 g/mol. The van der Waals surface area contributed by atoms with Gasteiger partial charge in [-0.1, -0.05) is 11.6 Å². The highest BCUT2D eigenvalue weighted by Crippen LogP contribution is 2.48. The fourth-order valence-electron chi connectivity index (χ4n) is 4.52. The number of methoxy groups -OCH3 is 1. The van der Waals surface area contributed by atoms with E-state index >= 15 is 0 Å². The van der Waals surface area contributed by atoms with Crippen LogP contribution in [0.3, 0.4) is 0 Å². The van der Waals surface area contributed by atoms with Gasteiger partial charge in [-0.05, 0) is 50.1 Å². The molecule has 16 heteroatoms. The topological polar surface area (TPSA) is 102 Å². The molecule has 0 bridgehead atoms. The highest BCUT2D eigenvalue weighted by molar-refractivity contribution is 6.31. The van der Waals surface area contributed by atoms with Gasteiger partial charge >= 0.3 is 24.5 Å². The minimum atomic E-state index is -5.13. The van der Waals surface area contributed by atoms with E-state index in [2.05, 4.69) is 0 Å². The second kappa shape index (κ2) is 11.4. The van der Waals surface area contributed by atoms with Gasteiger partial charge in [0.15, 0.2) is 0 Å². The Morgan fingerprint density at radius 1 is 1.10 bits per heavy atom. The van der Waals surface area contributed by atoms with Crippen LogP contribution < -0.4 is 4.90 Å². The highest BCUT2D eigenvalue weighted by Gasteiger charge is 2.44. The van der Waals surface area contributed by atoms with Crippen LogP contribution in [0.2, 0.25) is 5.02 Å². The Labute approximate surface area is 228 Å².